The summed E-state index contributed by atoms with van der Waals surface area (Å²) in [5, 5.41) is 26.4. The van der Waals surface area contributed by atoms with Gasteiger partial charge in [-0.15, -0.1) is 0 Å². The number of sulfonamides is 1. The van der Waals surface area contributed by atoms with Crippen LogP contribution in [0.2, 0.25) is 0 Å². The fourth-order valence-electron chi connectivity index (χ4n) is 12.4. The number of nitro benzene ring substituents is 1. The molecule has 1 atom stereocenters. The van der Waals surface area contributed by atoms with E-state index >= 15 is 4.39 Å². The molecule has 11 rings (SSSR count). The number of nitrogens with one attached hydrogen (secondary N) is 3. The van der Waals surface area contributed by atoms with E-state index < -0.39 is 48.4 Å². The maximum absolute atomic E-state index is 16.6. The number of hydrogen-bond donors (Lipinski definition) is 4. The zero-order valence-corrected chi connectivity index (χ0v) is 44.6. The predicted octanol–water partition coefficient (Wildman–Crippen LogP) is 10.1. The number of aliphatic hydroxyl groups is 1. The number of piperazine rings is 1. The highest BCUT2D eigenvalue weighted by Crippen LogP contribution is 2.54. The Morgan fingerprint density at radius 1 is 0.961 bits per heavy atom. The quantitative estimate of drug-likeness (QED) is 0.0558. The number of aromatic nitrogens is 2. The number of carbonyl (C=O) groups excluding carboxylic acids is 1. The number of hydrogen-bond acceptors (Lipinski definition) is 14. The van der Waals surface area contributed by atoms with Gasteiger partial charge in [0, 0.05) is 81.6 Å². The first-order chi connectivity index (χ1) is 37.0. The van der Waals surface area contributed by atoms with Gasteiger partial charge >= 0.3 is 0 Å². The lowest BCUT2D eigenvalue weighted by Crippen LogP contribution is -2.60. The van der Waals surface area contributed by atoms with Gasteiger partial charge in [-0.25, -0.2) is 22.5 Å². The van der Waals surface area contributed by atoms with Crippen molar-refractivity contribution in [2.75, 3.05) is 62.7 Å². The summed E-state index contributed by atoms with van der Waals surface area (Å²) in [6.07, 6.45) is 9.62. The lowest BCUT2D eigenvalue weighted by atomic mass is 9.59. The summed E-state index contributed by atoms with van der Waals surface area (Å²) in [7, 11) is -4.73. The molecule has 19 heteroatoms. The average molecular weight is 1070 g/mol. The second-order valence-corrected chi connectivity index (χ2v) is 24.2. The molecular weight excluding hydrogens is 1000 g/mol. The van der Waals surface area contributed by atoms with E-state index in [-0.39, 0.29) is 40.2 Å². The monoisotopic (exact) mass is 1070 g/mol. The molecule has 2 saturated heterocycles. The number of amides is 1. The van der Waals surface area contributed by atoms with Crippen molar-refractivity contribution in [3.05, 3.63) is 136 Å². The number of ether oxygens (including phenoxy) is 3. The van der Waals surface area contributed by atoms with Crippen molar-refractivity contribution >= 4 is 44.0 Å². The van der Waals surface area contributed by atoms with Crippen LogP contribution in [0.15, 0.2) is 102 Å². The highest BCUT2D eigenvalue weighted by atomic mass is 32.2. The zero-order chi connectivity index (χ0) is 53.6. The predicted molar refractivity (Wildman–Crippen MR) is 291 cm³/mol. The van der Waals surface area contributed by atoms with Crippen LogP contribution in [0, 0.1) is 27.3 Å². The molecular formula is C58H67FN8O9S. The smallest absolute Gasteiger partial charge is 0.293 e. The van der Waals surface area contributed by atoms with Gasteiger partial charge in [0.25, 0.3) is 21.6 Å². The molecule has 0 unspecified atom stereocenters. The minimum Gasteiger partial charge on any atom is -0.486 e. The van der Waals surface area contributed by atoms with Crippen LogP contribution in [0.1, 0.15) is 111 Å². The Morgan fingerprint density at radius 2 is 1.73 bits per heavy atom. The SMILES string of the molecule is CC(C)c1ccccc1[C@@H]1CN(Cc2ccc3c(c2)OCCO3)CCN1C1CC2(CCN(c3cc(Oc4cnc5[nH]ccc5c4)c(C(=O)NS(=O)(=O)c4ccc(NCC5CCC(C)(O)CC5)c([N+](=O)[O-])c4)cc3F)CC2)C1. The Labute approximate surface area is 448 Å². The lowest BCUT2D eigenvalue weighted by molar-refractivity contribution is -0.384. The molecule has 406 valence electrons. The molecule has 5 aliphatic rings. The Kier molecular flexibility index (Phi) is 14.4. The Bertz CT molecular complexity index is 3290. The van der Waals surface area contributed by atoms with Crippen LogP contribution < -0.4 is 29.1 Å². The molecule has 5 heterocycles. The molecule has 1 spiro atoms. The van der Waals surface area contributed by atoms with Crippen LogP contribution in [0.3, 0.4) is 0 Å². The number of anilines is 2. The number of halogens is 1. The molecule has 6 aromatic rings. The minimum atomic E-state index is -4.73. The number of aromatic amines is 1. The van der Waals surface area contributed by atoms with E-state index in [1.165, 1.54) is 41.1 Å². The number of fused-ring (bicyclic) bond motifs is 2. The summed E-state index contributed by atoms with van der Waals surface area (Å²) in [4.78, 5) is 39.9. The van der Waals surface area contributed by atoms with Gasteiger partial charge in [-0.05, 0) is 135 Å². The second kappa shape index (κ2) is 21.2. The fraction of sp³-hybridized carbons (Fsp3) is 0.448. The summed E-state index contributed by atoms with van der Waals surface area (Å²) in [5.74, 6) is 0.371. The Morgan fingerprint density at radius 3 is 2.49 bits per heavy atom. The maximum atomic E-state index is 16.6. The van der Waals surface area contributed by atoms with E-state index in [9.17, 15) is 28.4 Å². The van der Waals surface area contributed by atoms with Crippen LogP contribution in [0.25, 0.3) is 11.0 Å². The molecule has 3 aliphatic heterocycles. The van der Waals surface area contributed by atoms with Gasteiger partial charge in [0.1, 0.15) is 41.9 Å². The number of H-pyrrole nitrogens is 1. The standard InChI is InChI=1S/C58H67FN8O9S/c1-37(2)44-6-4-5-7-45(44)51-36-64(35-39-8-11-52-54(26-39)75-25-24-74-52)22-23-66(51)41-31-58(32-41)17-20-65(21-18-58)49-30-53(76-42-27-40-14-19-60-55(40)62-34-42)46(29-47(49)59)56(68)63-77(72,73)43-9-10-48(50(28-43)67(70)71)61-33-38-12-15-57(3,69)16-13-38/h4-11,14,19,26-30,34,37-38,41,51,61,69H,12-13,15-18,20-25,31-33,35-36H2,1-3H3,(H,60,62)(H,63,68)/t38?,51-,57?/m0/s1. The van der Waals surface area contributed by atoms with Gasteiger partial charge in [-0.1, -0.05) is 44.2 Å². The Balaban J connectivity index is 0.789. The van der Waals surface area contributed by atoms with Crippen LogP contribution in [0.4, 0.5) is 21.5 Å². The van der Waals surface area contributed by atoms with E-state index in [1.54, 1.807) is 25.3 Å². The molecule has 77 heavy (non-hydrogen) atoms. The number of benzene rings is 4. The van der Waals surface area contributed by atoms with Crippen LogP contribution in [0.5, 0.6) is 23.0 Å². The highest BCUT2D eigenvalue weighted by molar-refractivity contribution is 7.90. The number of nitrogens with zero attached hydrogens (tertiary/aromatic N) is 5. The van der Waals surface area contributed by atoms with Crippen molar-refractivity contribution in [1.29, 1.82) is 0 Å². The minimum absolute atomic E-state index is 0.0922. The van der Waals surface area contributed by atoms with Crippen LogP contribution in [-0.2, 0) is 16.6 Å². The number of piperidine rings is 1. The van der Waals surface area contributed by atoms with Gasteiger partial charge in [0.15, 0.2) is 11.5 Å². The van der Waals surface area contributed by atoms with Crippen molar-refractivity contribution in [1.82, 2.24) is 24.5 Å². The third kappa shape index (κ3) is 11.2. The molecule has 17 nitrogen and oxygen atoms in total. The van der Waals surface area contributed by atoms with Gasteiger partial charge < -0.3 is 34.5 Å². The van der Waals surface area contributed by atoms with E-state index in [1.807, 2.05) is 15.7 Å². The number of carbonyl (C=O) groups is 1. The summed E-state index contributed by atoms with van der Waals surface area (Å²) < 4.78 is 64.4. The summed E-state index contributed by atoms with van der Waals surface area (Å²) in [6.45, 7) is 12.5. The van der Waals surface area contributed by atoms with Crippen molar-refractivity contribution in [2.45, 2.75) is 107 Å². The van der Waals surface area contributed by atoms with E-state index in [2.05, 4.69) is 75.3 Å². The third-order valence-electron chi connectivity index (χ3n) is 16.8. The zero-order valence-electron chi connectivity index (χ0n) is 43.8. The summed E-state index contributed by atoms with van der Waals surface area (Å²) in [5.41, 5.74) is 3.37. The van der Waals surface area contributed by atoms with Gasteiger partial charge in [-0.2, -0.15) is 0 Å². The summed E-state index contributed by atoms with van der Waals surface area (Å²) >= 11 is 0. The second-order valence-electron chi connectivity index (χ2n) is 22.5. The molecule has 4 fully saturated rings. The molecule has 2 aromatic heterocycles. The third-order valence-corrected chi connectivity index (χ3v) is 18.2. The van der Waals surface area contributed by atoms with Crippen molar-refractivity contribution in [3.8, 4) is 23.0 Å². The molecule has 1 amide bonds. The molecule has 4 aromatic carbocycles. The maximum Gasteiger partial charge on any atom is 0.293 e. The van der Waals surface area contributed by atoms with E-state index in [4.69, 9.17) is 14.2 Å². The molecule has 2 aliphatic carbocycles. The molecule has 2 saturated carbocycles. The van der Waals surface area contributed by atoms with Crippen molar-refractivity contribution in [2.24, 2.45) is 11.3 Å². The summed E-state index contributed by atoms with van der Waals surface area (Å²) in [6, 6.07) is 25.1. The molecule has 0 bridgehead atoms. The number of pyridine rings is 1. The normalized spacial score (nSPS) is 22.0. The molecule has 0 radical (unpaired) electrons. The topological polar surface area (TPSA) is 205 Å². The Hall–Kier alpha value is -6.80. The first kappa shape index (κ1) is 52.3. The van der Waals surface area contributed by atoms with Crippen molar-refractivity contribution < 1.29 is 41.8 Å². The number of rotatable bonds is 15. The number of nitro groups is 1. The van der Waals surface area contributed by atoms with Crippen LogP contribution >= 0.6 is 0 Å². The fourth-order valence-corrected chi connectivity index (χ4v) is 13.4. The van der Waals surface area contributed by atoms with Gasteiger partial charge in [-0.3, -0.25) is 24.7 Å². The first-order valence-corrected chi connectivity index (χ1v) is 28.4. The van der Waals surface area contributed by atoms with Gasteiger partial charge in [0.05, 0.1) is 32.9 Å². The van der Waals surface area contributed by atoms with Crippen molar-refractivity contribution in [3.63, 3.8) is 0 Å². The van der Waals surface area contributed by atoms with E-state index in [0.29, 0.717) is 63.3 Å². The largest absolute Gasteiger partial charge is 0.486 e. The highest BCUT2D eigenvalue weighted by Gasteiger charge is 2.50. The first-order valence-electron chi connectivity index (χ1n) is 27.0. The lowest BCUT2D eigenvalue weighted by Gasteiger charge is -2.58. The van der Waals surface area contributed by atoms with Gasteiger partial charge in [0.2, 0.25) is 0 Å². The average Bonchev–Trinajstić information content (AvgIpc) is 3.95. The molecule has 4 N–H and O–H groups in total. The van der Waals surface area contributed by atoms with Crippen LogP contribution in [-0.4, -0.2) is 108 Å². The van der Waals surface area contributed by atoms with E-state index in [0.717, 1.165) is 93.7 Å².